The van der Waals surface area contributed by atoms with Crippen LogP contribution in [0.1, 0.15) is 52.4 Å². The van der Waals surface area contributed by atoms with E-state index in [1.807, 2.05) is 34.1 Å². The Balaban J connectivity index is 4.74. The van der Waals surface area contributed by atoms with Crippen LogP contribution in [0.3, 0.4) is 0 Å². The number of unbranched alkanes of at least 4 members (excludes halogenated alkanes) is 2. The Morgan fingerprint density at radius 1 is 1.10 bits per heavy atom. The van der Waals surface area contributed by atoms with E-state index in [-0.39, 0.29) is 18.9 Å². The van der Waals surface area contributed by atoms with Gasteiger partial charge in [-0.2, -0.15) is 0 Å². The smallest absolute Gasteiger partial charge is 0.268 e. The number of quaternary nitrogens is 1. The second-order valence-electron chi connectivity index (χ2n) is 8.27. The molecule has 30 heavy (non-hydrogen) atoms. The van der Waals surface area contributed by atoms with Crippen LogP contribution in [0.2, 0.25) is 0 Å². The van der Waals surface area contributed by atoms with Gasteiger partial charge in [0.15, 0.2) is 0 Å². The molecule has 0 saturated carbocycles. The number of nitrogens with zero attached hydrogens (tertiary/aromatic N) is 1. The monoisotopic (exact) mass is 448 g/mol. The molecular formula is C21H41N2O6P. The average molecular weight is 449 g/mol. The number of rotatable bonds is 17. The third kappa shape index (κ3) is 16.7. The maximum Gasteiger partial charge on any atom is 0.268 e. The number of aliphatic hydroxyl groups excluding tert-OH is 1. The molecule has 0 aromatic carbocycles. The molecule has 0 aliphatic carbocycles. The van der Waals surface area contributed by atoms with Gasteiger partial charge in [0.25, 0.3) is 7.82 Å². The molecule has 0 rings (SSSR count). The summed E-state index contributed by atoms with van der Waals surface area (Å²) in [6.45, 7) is 4.06. The van der Waals surface area contributed by atoms with E-state index in [0.717, 1.165) is 25.7 Å². The maximum absolute atomic E-state index is 12.0. The molecule has 0 radical (unpaired) electrons. The van der Waals surface area contributed by atoms with Crippen molar-refractivity contribution < 1.29 is 32.9 Å². The Labute approximate surface area is 182 Å². The van der Waals surface area contributed by atoms with E-state index in [2.05, 4.69) is 24.4 Å². The second-order valence-corrected chi connectivity index (χ2v) is 9.68. The molecule has 0 heterocycles. The summed E-state index contributed by atoms with van der Waals surface area (Å²) >= 11 is 0. The SMILES string of the molecule is CCC/C=C/CC/C=C/C(O)C(COP(=O)([O-])OCC[N+](C)(C)C)NC(=O)CCC. The number of amides is 1. The zero-order chi connectivity index (χ0) is 23.0. The first kappa shape index (κ1) is 29.0. The largest absolute Gasteiger partial charge is 0.756 e. The summed E-state index contributed by atoms with van der Waals surface area (Å²) in [4.78, 5) is 23.9. The van der Waals surface area contributed by atoms with Crippen LogP contribution in [0, 0.1) is 0 Å². The third-order valence-corrected chi connectivity index (χ3v) is 5.08. The molecule has 0 aromatic rings. The zero-order valence-electron chi connectivity index (χ0n) is 19.2. The van der Waals surface area contributed by atoms with Crippen LogP contribution in [0.5, 0.6) is 0 Å². The first-order chi connectivity index (χ1) is 14.0. The zero-order valence-corrected chi connectivity index (χ0v) is 20.1. The van der Waals surface area contributed by atoms with Crippen LogP contribution in [0.4, 0.5) is 0 Å². The fourth-order valence-electron chi connectivity index (χ4n) is 2.33. The van der Waals surface area contributed by atoms with Crippen LogP contribution in [-0.2, 0) is 18.4 Å². The molecule has 0 aromatic heterocycles. The van der Waals surface area contributed by atoms with Crippen LogP contribution in [0.25, 0.3) is 0 Å². The predicted molar refractivity (Wildman–Crippen MR) is 118 cm³/mol. The average Bonchev–Trinajstić information content (AvgIpc) is 2.63. The molecule has 2 N–H and O–H groups in total. The van der Waals surface area contributed by atoms with Gasteiger partial charge in [0.05, 0.1) is 39.9 Å². The summed E-state index contributed by atoms with van der Waals surface area (Å²) in [5.41, 5.74) is 0. The first-order valence-electron chi connectivity index (χ1n) is 10.7. The number of nitrogens with one attached hydrogen (secondary N) is 1. The predicted octanol–water partition coefficient (Wildman–Crippen LogP) is 2.53. The number of aliphatic hydroxyl groups is 1. The van der Waals surface area contributed by atoms with Gasteiger partial charge in [-0.15, -0.1) is 0 Å². The minimum Gasteiger partial charge on any atom is -0.756 e. The first-order valence-corrected chi connectivity index (χ1v) is 12.2. The maximum atomic E-state index is 12.0. The lowest BCUT2D eigenvalue weighted by molar-refractivity contribution is -0.870. The number of carbonyl (C=O) groups excluding carboxylic acids is 1. The van der Waals surface area contributed by atoms with E-state index in [9.17, 15) is 19.4 Å². The van der Waals surface area contributed by atoms with Crippen LogP contribution in [0.15, 0.2) is 24.3 Å². The fourth-order valence-corrected chi connectivity index (χ4v) is 3.05. The van der Waals surface area contributed by atoms with Gasteiger partial charge in [-0.3, -0.25) is 9.36 Å². The van der Waals surface area contributed by atoms with E-state index in [0.29, 0.717) is 17.4 Å². The lowest BCUT2D eigenvalue weighted by atomic mass is 10.1. The summed E-state index contributed by atoms with van der Waals surface area (Å²) in [5, 5.41) is 13.1. The highest BCUT2D eigenvalue weighted by Gasteiger charge is 2.22. The summed E-state index contributed by atoms with van der Waals surface area (Å²) in [6.07, 6.45) is 11.2. The van der Waals surface area contributed by atoms with E-state index in [1.165, 1.54) is 0 Å². The highest BCUT2D eigenvalue weighted by molar-refractivity contribution is 7.45. The van der Waals surface area contributed by atoms with Gasteiger partial charge < -0.3 is 28.8 Å². The standard InChI is InChI=1S/C21H41N2O6P/c1-6-8-9-10-11-12-13-15-20(24)19(22-21(25)14-7-2)18-29-30(26,27)28-17-16-23(3,4)5/h9-10,13,15,19-20,24H,6-8,11-12,14,16-18H2,1-5H3,(H-,22,25,26,27)/b10-9+,15-13+. The van der Waals surface area contributed by atoms with Gasteiger partial charge in [-0.1, -0.05) is 44.6 Å². The molecule has 0 aliphatic rings. The Bertz CT molecular complexity index is 574. The van der Waals surface area contributed by atoms with Crippen molar-refractivity contribution in [1.82, 2.24) is 5.32 Å². The number of allylic oxidation sites excluding steroid dienone is 3. The number of hydrogen-bond acceptors (Lipinski definition) is 6. The Hall–Kier alpha value is -1.02. The molecule has 8 nitrogen and oxygen atoms in total. The van der Waals surface area contributed by atoms with Crippen molar-refractivity contribution in [2.24, 2.45) is 0 Å². The van der Waals surface area contributed by atoms with E-state index < -0.39 is 26.6 Å². The van der Waals surface area contributed by atoms with Gasteiger partial charge in [0, 0.05) is 6.42 Å². The molecule has 0 saturated heterocycles. The normalized spacial score (nSPS) is 16.6. The summed E-state index contributed by atoms with van der Waals surface area (Å²) in [7, 11) is 1.22. The molecule has 0 spiro atoms. The van der Waals surface area contributed by atoms with Crippen molar-refractivity contribution in [3.63, 3.8) is 0 Å². The molecule has 3 atom stereocenters. The van der Waals surface area contributed by atoms with Crippen molar-refractivity contribution in [3.05, 3.63) is 24.3 Å². The van der Waals surface area contributed by atoms with Crippen molar-refractivity contribution >= 4 is 13.7 Å². The number of likely N-dealkylation sites (N-methyl/N-ethyl adjacent to an activating group) is 1. The highest BCUT2D eigenvalue weighted by Crippen LogP contribution is 2.38. The van der Waals surface area contributed by atoms with Gasteiger partial charge in [0.1, 0.15) is 13.2 Å². The fraction of sp³-hybridized carbons (Fsp3) is 0.762. The number of hydrogen-bond donors (Lipinski definition) is 2. The Morgan fingerprint density at radius 3 is 2.33 bits per heavy atom. The Kier molecular flexibility index (Phi) is 15.2. The lowest BCUT2D eigenvalue weighted by Gasteiger charge is -2.29. The van der Waals surface area contributed by atoms with Crippen molar-refractivity contribution in [3.8, 4) is 0 Å². The van der Waals surface area contributed by atoms with E-state index >= 15 is 0 Å². The molecule has 176 valence electrons. The molecule has 1 amide bonds. The summed E-state index contributed by atoms with van der Waals surface area (Å²) in [5.74, 6) is -0.271. The quantitative estimate of drug-likeness (QED) is 0.153. The van der Waals surface area contributed by atoms with Crippen molar-refractivity contribution in [1.29, 1.82) is 0 Å². The van der Waals surface area contributed by atoms with Gasteiger partial charge in [-0.25, -0.2) is 0 Å². The van der Waals surface area contributed by atoms with Gasteiger partial charge >= 0.3 is 0 Å². The van der Waals surface area contributed by atoms with Crippen molar-refractivity contribution in [2.75, 3.05) is 40.9 Å². The number of phosphoric acid groups is 1. The Morgan fingerprint density at radius 2 is 1.73 bits per heavy atom. The van der Waals surface area contributed by atoms with Crippen LogP contribution >= 0.6 is 7.82 Å². The molecule has 0 bridgehead atoms. The minimum atomic E-state index is -4.53. The molecular weight excluding hydrogens is 407 g/mol. The molecule has 3 unspecified atom stereocenters. The van der Waals surface area contributed by atoms with Gasteiger partial charge in [0.2, 0.25) is 5.91 Å². The molecule has 0 fully saturated rings. The van der Waals surface area contributed by atoms with E-state index in [4.69, 9.17) is 9.05 Å². The lowest BCUT2D eigenvalue weighted by Crippen LogP contribution is -2.45. The third-order valence-electron chi connectivity index (χ3n) is 4.11. The van der Waals surface area contributed by atoms with Crippen LogP contribution in [-0.4, -0.2) is 68.5 Å². The number of carbonyl (C=O) groups is 1. The summed E-state index contributed by atoms with van der Waals surface area (Å²) in [6, 6.07) is -0.889. The van der Waals surface area contributed by atoms with E-state index in [1.54, 1.807) is 6.08 Å². The second kappa shape index (κ2) is 15.7. The topological polar surface area (TPSA) is 108 Å². The summed E-state index contributed by atoms with van der Waals surface area (Å²) < 4.78 is 22.4. The van der Waals surface area contributed by atoms with Crippen LogP contribution < -0.4 is 10.2 Å². The van der Waals surface area contributed by atoms with Gasteiger partial charge in [-0.05, 0) is 25.7 Å². The molecule has 9 heteroatoms. The van der Waals surface area contributed by atoms with Crippen molar-refractivity contribution in [2.45, 2.75) is 64.5 Å². The molecule has 0 aliphatic heterocycles. The minimum absolute atomic E-state index is 0.00879. The highest BCUT2D eigenvalue weighted by atomic mass is 31.2. The number of phosphoric ester groups is 1.